The number of rotatable bonds is 2. The second-order valence-corrected chi connectivity index (χ2v) is 5.30. The highest BCUT2D eigenvalue weighted by Gasteiger charge is 2.33. The molecule has 16 heavy (non-hydrogen) atoms. The summed E-state index contributed by atoms with van der Waals surface area (Å²) in [6.07, 6.45) is 3.52. The number of carbonyl (C=O) groups is 1. The molecule has 3 aliphatic rings. The van der Waals surface area contributed by atoms with Crippen LogP contribution < -0.4 is 5.32 Å². The van der Waals surface area contributed by atoms with Gasteiger partial charge in [-0.1, -0.05) is 6.42 Å². The van der Waals surface area contributed by atoms with E-state index in [1.165, 1.54) is 6.42 Å². The van der Waals surface area contributed by atoms with Crippen molar-refractivity contribution in [1.29, 1.82) is 0 Å². The second kappa shape index (κ2) is 4.34. The van der Waals surface area contributed by atoms with Gasteiger partial charge in [-0.15, -0.1) is 0 Å². The molecular formula is C12H21N3O. The quantitative estimate of drug-likeness (QED) is 0.710. The van der Waals surface area contributed by atoms with Gasteiger partial charge in [0.05, 0.1) is 0 Å². The van der Waals surface area contributed by atoms with Crippen molar-refractivity contribution in [3.63, 3.8) is 0 Å². The Hall–Kier alpha value is -0.610. The summed E-state index contributed by atoms with van der Waals surface area (Å²) >= 11 is 0. The average molecular weight is 223 g/mol. The topological polar surface area (TPSA) is 35.6 Å². The highest BCUT2D eigenvalue weighted by Crippen LogP contribution is 2.28. The van der Waals surface area contributed by atoms with Gasteiger partial charge >= 0.3 is 0 Å². The zero-order valence-electron chi connectivity index (χ0n) is 9.82. The number of piperazine rings is 1. The first-order valence-corrected chi connectivity index (χ1v) is 6.58. The Morgan fingerprint density at radius 2 is 1.75 bits per heavy atom. The Kier molecular flexibility index (Phi) is 2.86. The summed E-state index contributed by atoms with van der Waals surface area (Å²) in [5.74, 6) is 0.801. The number of carbonyl (C=O) groups excluding carboxylic acids is 1. The van der Waals surface area contributed by atoms with Crippen molar-refractivity contribution in [2.75, 3.05) is 39.3 Å². The fourth-order valence-electron chi connectivity index (χ4n) is 2.75. The molecule has 0 aromatic rings. The lowest BCUT2D eigenvalue weighted by Crippen LogP contribution is -2.62. The van der Waals surface area contributed by atoms with Gasteiger partial charge < -0.3 is 10.2 Å². The van der Waals surface area contributed by atoms with Crippen LogP contribution in [0.1, 0.15) is 19.3 Å². The molecule has 0 aromatic carbocycles. The largest absolute Gasteiger partial charge is 0.340 e. The molecule has 3 rings (SSSR count). The Labute approximate surface area is 97.0 Å². The maximum Gasteiger partial charge on any atom is 0.225 e. The Morgan fingerprint density at radius 3 is 2.19 bits per heavy atom. The third-order valence-corrected chi connectivity index (χ3v) is 4.36. The molecule has 90 valence electrons. The van der Waals surface area contributed by atoms with E-state index in [2.05, 4.69) is 15.1 Å². The molecule has 2 aliphatic heterocycles. The van der Waals surface area contributed by atoms with Crippen molar-refractivity contribution in [1.82, 2.24) is 15.1 Å². The first kappa shape index (κ1) is 10.5. The van der Waals surface area contributed by atoms with E-state index in [0.717, 1.165) is 58.2 Å². The van der Waals surface area contributed by atoms with Crippen molar-refractivity contribution in [2.24, 2.45) is 5.92 Å². The molecule has 0 bridgehead atoms. The van der Waals surface area contributed by atoms with Gasteiger partial charge in [0.25, 0.3) is 0 Å². The van der Waals surface area contributed by atoms with Gasteiger partial charge in [0, 0.05) is 51.2 Å². The van der Waals surface area contributed by atoms with Crippen molar-refractivity contribution in [2.45, 2.75) is 25.3 Å². The molecule has 2 heterocycles. The zero-order valence-corrected chi connectivity index (χ0v) is 9.82. The molecule has 0 radical (unpaired) electrons. The lowest BCUT2D eigenvalue weighted by molar-refractivity contribution is -0.140. The van der Waals surface area contributed by atoms with Gasteiger partial charge in [0.15, 0.2) is 0 Å². The molecular weight excluding hydrogens is 202 g/mol. The standard InChI is InChI=1S/C12H21N3O/c16-12(10-2-1-3-10)15-6-4-14(5-7-15)11-8-13-9-11/h10-11,13H,1-9H2. The predicted molar refractivity (Wildman–Crippen MR) is 62.2 cm³/mol. The Bertz CT molecular complexity index is 265. The first-order chi connectivity index (χ1) is 7.84. The molecule has 3 fully saturated rings. The molecule has 4 nitrogen and oxygen atoms in total. The monoisotopic (exact) mass is 223 g/mol. The van der Waals surface area contributed by atoms with Gasteiger partial charge in [-0.05, 0) is 12.8 Å². The van der Waals surface area contributed by atoms with Crippen LogP contribution in [0.15, 0.2) is 0 Å². The van der Waals surface area contributed by atoms with E-state index < -0.39 is 0 Å². The minimum atomic E-state index is 0.372. The van der Waals surface area contributed by atoms with Crippen molar-refractivity contribution >= 4 is 5.91 Å². The fraction of sp³-hybridized carbons (Fsp3) is 0.917. The molecule has 1 N–H and O–H groups in total. The second-order valence-electron chi connectivity index (χ2n) is 5.30. The van der Waals surface area contributed by atoms with E-state index in [4.69, 9.17) is 0 Å². The number of hydrogen-bond acceptors (Lipinski definition) is 3. The highest BCUT2D eigenvalue weighted by molar-refractivity contribution is 5.79. The minimum absolute atomic E-state index is 0.372. The number of hydrogen-bond donors (Lipinski definition) is 1. The summed E-state index contributed by atoms with van der Waals surface area (Å²) in [4.78, 5) is 16.7. The first-order valence-electron chi connectivity index (χ1n) is 6.58. The number of amides is 1. The Morgan fingerprint density at radius 1 is 1.06 bits per heavy atom. The molecule has 1 saturated carbocycles. The highest BCUT2D eigenvalue weighted by atomic mass is 16.2. The summed E-state index contributed by atoms with van der Waals surface area (Å²) in [7, 11) is 0. The van der Waals surface area contributed by atoms with Gasteiger partial charge in [-0.2, -0.15) is 0 Å². The van der Waals surface area contributed by atoms with Crippen LogP contribution in [0.25, 0.3) is 0 Å². The Balaban J connectivity index is 1.47. The normalized spacial score (nSPS) is 28.6. The molecule has 0 unspecified atom stereocenters. The van der Waals surface area contributed by atoms with Crippen LogP contribution in [0.4, 0.5) is 0 Å². The van der Waals surface area contributed by atoms with Crippen molar-refractivity contribution in [3.8, 4) is 0 Å². The van der Waals surface area contributed by atoms with Crippen LogP contribution in [-0.2, 0) is 4.79 Å². The van der Waals surface area contributed by atoms with Crippen molar-refractivity contribution < 1.29 is 4.79 Å². The molecule has 0 aromatic heterocycles. The SMILES string of the molecule is O=C(C1CCC1)N1CCN(C2CNC2)CC1. The average Bonchev–Trinajstić information content (AvgIpc) is 2.13. The van der Waals surface area contributed by atoms with E-state index in [1.807, 2.05) is 0 Å². The zero-order chi connectivity index (χ0) is 11.0. The smallest absolute Gasteiger partial charge is 0.225 e. The lowest BCUT2D eigenvalue weighted by Gasteiger charge is -2.44. The van der Waals surface area contributed by atoms with Crippen LogP contribution >= 0.6 is 0 Å². The molecule has 4 heteroatoms. The van der Waals surface area contributed by atoms with Crippen molar-refractivity contribution in [3.05, 3.63) is 0 Å². The third kappa shape index (κ3) is 1.84. The molecule has 0 atom stereocenters. The molecule has 2 saturated heterocycles. The maximum atomic E-state index is 12.0. The van der Waals surface area contributed by atoms with E-state index in [9.17, 15) is 4.79 Å². The minimum Gasteiger partial charge on any atom is -0.340 e. The van der Waals surface area contributed by atoms with Crippen LogP contribution in [0, 0.1) is 5.92 Å². The molecule has 1 aliphatic carbocycles. The molecule has 0 spiro atoms. The van der Waals surface area contributed by atoms with E-state index >= 15 is 0 Å². The predicted octanol–water partition coefficient (Wildman–Crippen LogP) is -0.0975. The number of nitrogens with one attached hydrogen (secondary N) is 1. The van der Waals surface area contributed by atoms with Gasteiger partial charge in [-0.25, -0.2) is 0 Å². The number of nitrogens with zero attached hydrogens (tertiary/aromatic N) is 2. The summed E-state index contributed by atoms with van der Waals surface area (Å²) < 4.78 is 0. The van der Waals surface area contributed by atoms with Gasteiger partial charge in [-0.3, -0.25) is 9.69 Å². The van der Waals surface area contributed by atoms with E-state index in [1.54, 1.807) is 0 Å². The van der Waals surface area contributed by atoms with Gasteiger partial charge in [0.1, 0.15) is 0 Å². The van der Waals surface area contributed by atoms with Crippen LogP contribution in [-0.4, -0.2) is 61.0 Å². The molecule has 1 amide bonds. The summed E-state index contributed by atoms with van der Waals surface area (Å²) in [5.41, 5.74) is 0. The van der Waals surface area contributed by atoms with E-state index in [0.29, 0.717) is 11.8 Å². The fourth-order valence-corrected chi connectivity index (χ4v) is 2.75. The summed E-state index contributed by atoms with van der Waals surface area (Å²) in [6, 6.07) is 0.737. The van der Waals surface area contributed by atoms with Crippen LogP contribution in [0.3, 0.4) is 0 Å². The lowest BCUT2D eigenvalue weighted by atomic mass is 9.84. The van der Waals surface area contributed by atoms with Gasteiger partial charge in [0.2, 0.25) is 5.91 Å². The third-order valence-electron chi connectivity index (χ3n) is 4.36. The van der Waals surface area contributed by atoms with Crippen LogP contribution in [0.2, 0.25) is 0 Å². The van der Waals surface area contributed by atoms with E-state index in [-0.39, 0.29) is 0 Å². The van der Waals surface area contributed by atoms with Crippen LogP contribution in [0.5, 0.6) is 0 Å². The summed E-state index contributed by atoms with van der Waals surface area (Å²) in [5, 5.41) is 3.31. The maximum absolute atomic E-state index is 12.0. The summed E-state index contributed by atoms with van der Waals surface area (Å²) in [6.45, 7) is 6.32.